The third-order valence-corrected chi connectivity index (χ3v) is 3.48. The Hall–Kier alpha value is -1.36. The summed E-state index contributed by atoms with van der Waals surface area (Å²) in [5.41, 5.74) is 1.27. The van der Waals surface area contributed by atoms with Crippen LogP contribution in [0.4, 0.5) is 5.13 Å². The topological polar surface area (TPSA) is 42.7 Å². The summed E-state index contributed by atoms with van der Waals surface area (Å²) < 4.78 is 2.22. The van der Waals surface area contributed by atoms with Crippen LogP contribution in [-0.4, -0.2) is 14.8 Å². The molecule has 0 amide bonds. The molecule has 2 aromatic heterocycles. The number of nitrogens with one attached hydrogen (secondary N) is 1. The predicted octanol–water partition coefficient (Wildman–Crippen LogP) is 2.53. The molecule has 2 rings (SSSR count). The molecule has 0 saturated carbocycles. The first-order chi connectivity index (χ1) is 7.83. The summed E-state index contributed by atoms with van der Waals surface area (Å²) in [6, 6.07) is 4.19. The van der Waals surface area contributed by atoms with Crippen LogP contribution in [-0.2, 0) is 19.5 Å². The molecule has 0 aliphatic carbocycles. The summed E-state index contributed by atoms with van der Waals surface area (Å²) >= 11 is 1.63. The molecule has 0 bridgehead atoms. The van der Waals surface area contributed by atoms with Crippen molar-refractivity contribution in [1.82, 2.24) is 14.8 Å². The number of aryl methyl sites for hydroxylation is 2. The Bertz CT molecular complexity index is 446. The molecular formula is C11H16N4S. The van der Waals surface area contributed by atoms with Crippen LogP contribution in [0, 0.1) is 0 Å². The van der Waals surface area contributed by atoms with Crippen molar-refractivity contribution in [1.29, 1.82) is 0 Å². The van der Waals surface area contributed by atoms with Gasteiger partial charge in [0.25, 0.3) is 0 Å². The fourth-order valence-corrected chi connectivity index (χ4v) is 2.23. The monoisotopic (exact) mass is 236 g/mol. The summed E-state index contributed by atoms with van der Waals surface area (Å²) in [5.74, 6) is 0. The van der Waals surface area contributed by atoms with Gasteiger partial charge in [0.2, 0.25) is 5.13 Å². The Morgan fingerprint density at radius 3 is 2.94 bits per heavy atom. The molecule has 0 spiro atoms. The molecule has 4 nitrogen and oxygen atoms in total. The summed E-state index contributed by atoms with van der Waals surface area (Å²) in [4.78, 5) is 0. The number of nitrogens with zero attached hydrogens (tertiary/aromatic N) is 3. The fourth-order valence-electron chi connectivity index (χ4n) is 1.55. The number of hydrogen-bond acceptors (Lipinski definition) is 4. The van der Waals surface area contributed by atoms with E-state index in [1.54, 1.807) is 11.3 Å². The second-order valence-corrected chi connectivity index (χ2v) is 4.56. The Kier molecular flexibility index (Phi) is 3.56. The Morgan fingerprint density at radius 2 is 2.25 bits per heavy atom. The maximum absolute atomic E-state index is 4.09. The van der Waals surface area contributed by atoms with E-state index in [1.807, 2.05) is 0 Å². The Balaban J connectivity index is 1.96. The van der Waals surface area contributed by atoms with Gasteiger partial charge in [0, 0.05) is 18.4 Å². The minimum absolute atomic E-state index is 0.805. The molecule has 2 heterocycles. The third kappa shape index (κ3) is 2.41. The molecule has 1 N–H and O–H groups in total. The van der Waals surface area contributed by atoms with Crippen LogP contribution >= 0.6 is 11.3 Å². The molecule has 16 heavy (non-hydrogen) atoms. The molecule has 0 unspecified atom stereocenters. The lowest BCUT2D eigenvalue weighted by molar-refractivity contribution is 0.723. The van der Waals surface area contributed by atoms with Gasteiger partial charge in [-0.2, -0.15) is 0 Å². The SMILES string of the molecule is CCc1nnc(NCc2cccn2CC)s1. The van der Waals surface area contributed by atoms with E-state index in [-0.39, 0.29) is 0 Å². The lowest BCUT2D eigenvalue weighted by Crippen LogP contribution is -2.05. The highest BCUT2D eigenvalue weighted by atomic mass is 32.1. The van der Waals surface area contributed by atoms with E-state index in [9.17, 15) is 0 Å². The van der Waals surface area contributed by atoms with Crippen molar-refractivity contribution in [2.75, 3.05) is 5.32 Å². The van der Waals surface area contributed by atoms with Crippen molar-refractivity contribution in [2.24, 2.45) is 0 Å². The normalized spacial score (nSPS) is 10.6. The van der Waals surface area contributed by atoms with E-state index in [0.29, 0.717) is 0 Å². The lowest BCUT2D eigenvalue weighted by Gasteiger charge is -2.06. The third-order valence-electron chi connectivity index (χ3n) is 2.45. The molecule has 5 heteroatoms. The summed E-state index contributed by atoms with van der Waals surface area (Å²) in [6.45, 7) is 6.04. The van der Waals surface area contributed by atoms with E-state index >= 15 is 0 Å². The van der Waals surface area contributed by atoms with Crippen LogP contribution in [0.5, 0.6) is 0 Å². The van der Waals surface area contributed by atoms with Crippen LogP contribution in [0.15, 0.2) is 18.3 Å². The molecule has 0 radical (unpaired) electrons. The van der Waals surface area contributed by atoms with Crippen molar-refractivity contribution >= 4 is 16.5 Å². The van der Waals surface area contributed by atoms with Crippen LogP contribution in [0.1, 0.15) is 24.5 Å². The highest BCUT2D eigenvalue weighted by Crippen LogP contribution is 2.16. The molecular weight excluding hydrogens is 220 g/mol. The lowest BCUT2D eigenvalue weighted by atomic mass is 10.4. The Morgan fingerprint density at radius 1 is 1.38 bits per heavy atom. The van der Waals surface area contributed by atoms with Crippen LogP contribution in [0.2, 0.25) is 0 Å². The van der Waals surface area contributed by atoms with E-state index in [0.717, 1.165) is 29.6 Å². The maximum atomic E-state index is 4.09. The van der Waals surface area contributed by atoms with E-state index < -0.39 is 0 Å². The van der Waals surface area contributed by atoms with E-state index in [1.165, 1.54) is 5.69 Å². The first-order valence-corrected chi connectivity index (χ1v) is 6.35. The fraction of sp³-hybridized carbons (Fsp3) is 0.455. The summed E-state index contributed by atoms with van der Waals surface area (Å²) in [5, 5.41) is 13.4. The van der Waals surface area contributed by atoms with Gasteiger partial charge in [-0.3, -0.25) is 0 Å². The first kappa shape index (κ1) is 11.1. The molecule has 0 fully saturated rings. The van der Waals surface area contributed by atoms with Gasteiger partial charge in [0.05, 0.1) is 6.54 Å². The standard InChI is InChI=1S/C11H16N4S/c1-3-10-13-14-11(16-10)12-8-9-6-5-7-15(9)4-2/h5-7H,3-4,8H2,1-2H3,(H,12,14). The minimum Gasteiger partial charge on any atom is -0.355 e. The van der Waals surface area contributed by atoms with Gasteiger partial charge in [-0.15, -0.1) is 10.2 Å². The number of hydrogen-bond donors (Lipinski definition) is 1. The van der Waals surface area contributed by atoms with Gasteiger partial charge in [-0.25, -0.2) is 0 Å². The zero-order valence-electron chi connectivity index (χ0n) is 9.60. The van der Waals surface area contributed by atoms with Crippen molar-refractivity contribution in [3.63, 3.8) is 0 Å². The van der Waals surface area contributed by atoms with Crippen LogP contribution < -0.4 is 5.32 Å². The van der Waals surface area contributed by atoms with E-state index in [4.69, 9.17) is 0 Å². The van der Waals surface area contributed by atoms with Gasteiger partial charge in [0.1, 0.15) is 5.01 Å². The molecule has 0 aliphatic heterocycles. The second kappa shape index (κ2) is 5.12. The quantitative estimate of drug-likeness (QED) is 0.867. The number of rotatable bonds is 5. The number of aromatic nitrogens is 3. The van der Waals surface area contributed by atoms with Crippen molar-refractivity contribution < 1.29 is 0 Å². The highest BCUT2D eigenvalue weighted by molar-refractivity contribution is 7.15. The van der Waals surface area contributed by atoms with Crippen molar-refractivity contribution in [2.45, 2.75) is 33.4 Å². The molecule has 0 aromatic carbocycles. The van der Waals surface area contributed by atoms with Gasteiger partial charge in [-0.05, 0) is 25.5 Å². The maximum Gasteiger partial charge on any atom is 0.205 e. The van der Waals surface area contributed by atoms with Gasteiger partial charge in [-0.1, -0.05) is 18.3 Å². The molecule has 86 valence electrons. The average Bonchev–Trinajstić information content (AvgIpc) is 2.94. The highest BCUT2D eigenvalue weighted by Gasteiger charge is 2.03. The smallest absolute Gasteiger partial charge is 0.205 e. The second-order valence-electron chi connectivity index (χ2n) is 3.49. The van der Waals surface area contributed by atoms with Gasteiger partial charge >= 0.3 is 0 Å². The van der Waals surface area contributed by atoms with Gasteiger partial charge < -0.3 is 9.88 Å². The van der Waals surface area contributed by atoms with Crippen LogP contribution in [0.25, 0.3) is 0 Å². The number of anilines is 1. The molecule has 2 aromatic rings. The Labute approximate surface area is 99.3 Å². The minimum atomic E-state index is 0.805. The zero-order valence-corrected chi connectivity index (χ0v) is 10.4. The van der Waals surface area contributed by atoms with Crippen molar-refractivity contribution in [3.05, 3.63) is 29.0 Å². The molecule has 0 aliphatic rings. The zero-order chi connectivity index (χ0) is 11.4. The summed E-state index contributed by atoms with van der Waals surface area (Å²) in [7, 11) is 0. The first-order valence-electron chi connectivity index (χ1n) is 5.53. The largest absolute Gasteiger partial charge is 0.355 e. The van der Waals surface area contributed by atoms with E-state index in [2.05, 4.69) is 52.3 Å². The van der Waals surface area contributed by atoms with Gasteiger partial charge in [0.15, 0.2) is 0 Å². The summed E-state index contributed by atoms with van der Waals surface area (Å²) in [6.07, 6.45) is 3.04. The van der Waals surface area contributed by atoms with Crippen LogP contribution in [0.3, 0.4) is 0 Å². The molecule has 0 saturated heterocycles. The molecule has 0 atom stereocenters. The van der Waals surface area contributed by atoms with Crippen molar-refractivity contribution in [3.8, 4) is 0 Å². The predicted molar refractivity (Wildman–Crippen MR) is 66.7 cm³/mol. The average molecular weight is 236 g/mol.